The lowest BCUT2D eigenvalue weighted by Gasteiger charge is -2.29. The Morgan fingerprint density at radius 3 is 2.10 bits per heavy atom. The third-order valence-electron chi connectivity index (χ3n) is 5.55. The summed E-state index contributed by atoms with van der Waals surface area (Å²) in [6.07, 6.45) is 1.76. The Hall–Kier alpha value is -2.98. The lowest BCUT2D eigenvalue weighted by atomic mass is 9.97. The van der Waals surface area contributed by atoms with Crippen LogP contribution in [0.5, 0.6) is 0 Å². The van der Waals surface area contributed by atoms with Gasteiger partial charge in [0.1, 0.15) is 5.82 Å². The number of halogens is 1. The summed E-state index contributed by atoms with van der Waals surface area (Å²) >= 11 is 0. The number of rotatable bonds is 6. The van der Waals surface area contributed by atoms with Crippen LogP contribution in [0.1, 0.15) is 28.3 Å². The summed E-state index contributed by atoms with van der Waals surface area (Å²) in [6.45, 7) is 0.268. The van der Waals surface area contributed by atoms with Gasteiger partial charge in [-0.25, -0.2) is 4.39 Å². The Bertz CT molecular complexity index is 947. The minimum Gasteiger partial charge on any atom is -0.352 e. The maximum Gasteiger partial charge on any atom is 0.234 e. The normalized spacial score (nSPS) is 14.6. The number of hydrogen-bond donors (Lipinski definition) is 1. The van der Waals surface area contributed by atoms with Gasteiger partial charge in [-0.2, -0.15) is 0 Å². The molecule has 0 fully saturated rings. The number of amides is 1. The second-order valence-corrected chi connectivity index (χ2v) is 7.72. The van der Waals surface area contributed by atoms with E-state index in [-0.39, 0.29) is 30.4 Å². The fourth-order valence-electron chi connectivity index (χ4n) is 4.23. The second-order valence-electron chi connectivity index (χ2n) is 7.72. The largest absolute Gasteiger partial charge is 0.352 e. The first-order valence-electron chi connectivity index (χ1n) is 9.97. The van der Waals surface area contributed by atoms with Crippen LogP contribution >= 0.6 is 0 Å². The van der Waals surface area contributed by atoms with Crippen LogP contribution in [0.25, 0.3) is 0 Å². The van der Waals surface area contributed by atoms with Crippen molar-refractivity contribution >= 4 is 5.91 Å². The summed E-state index contributed by atoms with van der Waals surface area (Å²) in [7, 11) is 1.93. The second kappa shape index (κ2) is 8.58. The van der Waals surface area contributed by atoms with Crippen molar-refractivity contribution in [2.45, 2.75) is 24.9 Å². The Morgan fingerprint density at radius 2 is 1.48 bits per heavy atom. The third-order valence-corrected chi connectivity index (χ3v) is 5.55. The van der Waals surface area contributed by atoms with Crippen molar-refractivity contribution in [3.8, 4) is 0 Å². The van der Waals surface area contributed by atoms with Crippen molar-refractivity contribution in [2.24, 2.45) is 0 Å². The first-order valence-corrected chi connectivity index (χ1v) is 9.97. The standard InChI is InChI=1S/C25H25FN2O/c1-28(17-24(29)27-23-15-20-9-5-6-10-21(20)16-23)25(18-7-3-2-4-8-18)19-11-13-22(26)14-12-19/h2-14,23,25H,15-17H2,1H3,(H,27,29). The average molecular weight is 388 g/mol. The van der Waals surface area contributed by atoms with Crippen LogP contribution in [-0.2, 0) is 17.6 Å². The number of hydrogen-bond acceptors (Lipinski definition) is 2. The summed E-state index contributed by atoms with van der Waals surface area (Å²) in [4.78, 5) is 14.8. The topological polar surface area (TPSA) is 32.3 Å². The molecule has 1 amide bonds. The van der Waals surface area contributed by atoms with E-state index < -0.39 is 0 Å². The Kier molecular flexibility index (Phi) is 5.72. The van der Waals surface area contributed by atoms with Gasteiger partial charge < -0.3 is 5.32 Å². The van der Waals surface area contributed by atoms with Gasteiger partial charge in [0.05, 0.1) is 12.6 Å². The van der Waals surface area contributed by atoms with Gasteiger partial charge in [-0.05, 0) is 54.3 Å². The van der Waals surface area contributed by atoms with Crippen molar-refractivity contribution in [2.75, 3.05) is 13.6 Å². The monoisotopic (exact) mass is 388 g/mol. The molecule has 0 saturated heterocycles. The highest BCUT2D eigenvalue weighted by molar-refractivity contribution is 5.78. The molecule has 1 aliphatic carbocycles. The summed E-state index contributed by atoms with van der Waals surface area (Å²) < 4.78 is 13.4. The molecular formula is C25H25FN2O. The van der Waals surface area contributed by atoms with E-state index in [4.69, 9.17) is 0 Å². The molecule has 1 atom stereocenters. The molecule has 4 heteroatoms. The quantitative estimate of drug-likeness (QED) is 0.689. The molecule has 3 nitrogen and oxygen atoms in total. The number of carbonyl (C=O) groups excluding carboxylic acids is 1. The number of fused-ring (bicyclic) bond motifs is 1. The van der Waals surface area contributed by atoms with E-state index in [0.29, 0.717) is 0 Å². The van der Waals surface area contributed by atoms with Crippen molar-refractivity contribution in [3.63, 3.8) is 0 Å². The van der Waals surface area contributed by atoms with Crippen LogP contribution in [0.15, 0.2) is 78.9 Å². The molecule has 0 aromatic heterocycles. The highest BCUT2D eigenvalue weighted by atomic mass is 19.1. The van der Waals surface area contributed by atoms with Crippen LogP contribution in [-0.4, -0.2) is 30.4 Å². The molecular weight excluding hydrogens is 363 g/mol. The zero-order valence-corrected chi connectivity index (χ0v) is 16.5. The maximum atomic E-state index is 13.4. The van der Waals surface area contributed by atoms with E-state index in [1.165, 1.54) is 23.3 Å². The predicted molar refractivity (Wildman–Crippen MR) is 113 cm³/mol. The van der Waals surface area contributed by atoms with E-state index in [2.05, 4.69) is 17.4 Å². The van der Waals surface area contributed by atoms with Gasteiger partial charge in [0.15, 0.2) is 0 Å². The van der Waals surface area contributed by atoms with Crippen molar-refractivity contribution in [1.82, 2.24) is 10.2 Å². The molecule has 0 spiro atoms. The van der Waals surface area contributed by atoms with Gasteiger partial charge in [-0.1, -0.05) is 66.7 Å². The molecule has 0 bridgehead atoms. The fraction of sp³-hybridized carbons (Fsp3) is 0.240. The van der Waals surface area contributed by atoms with E-state index in [0.717, 1.165) is 24.0 Å². The average Bonchev–Trinajstić information content (AvgIpc) is 3.12. The number of nitrogens with one attached hydrogen (secondary N) is 1. The molecule has 29 heavy (non-hydrogen) atoms. The highest BCUT2D eigenvalue weighted by Crippen LogP contribution is 2.28. The highest BCUT2D eigenvalue weighted by Gasteiger charge is 2.25. The smallest absolute Gasteiger partial charge is 0.234 e. The fourth-order valence-corrected chi connectivity index (χ4v) is 4.23. The van der Waals surface area contributed by atoms with Gasteiger partial charge in [0.2, 0.25) is 5.91 Å². The Labute approximate surface area is 171 Å². The molecule has 0 aliphatic heterocycles. The van der Waals surface area contributed by atoms with Gasteiger partial charge >= 0.3 is 0 Å². The molecule has 4 rings (SSSR count). The summed E-state index contributed by atoms with van der Waals surface area (Å²) in [5.41, 5.74) is 4.67. The third kappa shape index (κ3) is 4.54. The van der Waals surface area contributed by atoms with E-state index in [1.807, 2.05) is 54.4 Å². The van der Waals surface area contributed by atoms with Gasteiger partial charge in [0.25, 0.3) is 0 Å². The molecule has 0 radical (unpaired) electrons. The lowest BCUT2D eigenvalue weighted by molar-refractivity contribution is -0.122. The summed E-state index contributed by atoms with van der Waals surface area (Å²) in [5, 5.41) is 3.18. The van der Waals surface area contributed by atoms with E-state index >= 15 is 0 Å². The zero-order valence-electron chi connectivity index (χ0n) is 16.5. The molecule has 0 heterocycles. The maximum absolute atomic E-state index is 13.4. The number of nitrogens with zero attached hydrogens (tertiary/aromatic N) is 1. The van der Waals surface area contributed by atoms with Gasteiger partial charge in [-0.15, -0.1) is 0 Å². The minimum atomic E-state index is -0.262. The summed E-state index contributed by atoms with van der Waals surface area (Å²) in [6, 6.07) is 24.9. The Balaban J connectivity index is 1.46. The number of benzene rings is 3. The van der Waals surface area contributed by atoms with Crippen molar-refractivity contribution in [3.05, 3.63) is 107 Å². The number of carbonyl (C=O) groups is 1. The summed E-state index contributed by atoms with van der Waals surface area (Å²) in [5.74, 6) is -0.255. The van der Waals surface area contributed by atoms with Gasteiger partial charge in [-0.3, -0.25) is 9.69 Å². The Morgan fingerprint density at radius 1 is 0.931 bits per heavy atom. The molecule has 1 unspecified atom stereocenters. The van der Waals surface area contributed by atoms with Crippen LogP contribution in [0, 0.1) is 5.82 Å². The first kappa shape index (κ1) is 19.3. The molecule has 148 valence electrons. The molecule has 3 aromatic rings. The van der Waals surface area contributed by atoms with Crippen molar-refractivity contribution < 1.29 is 9.18 Å². The predicted octanol–water partition coefficient (Wildman–Crippen LogP) is 4.13. The van der Waals surface area contributed by atoms with Crippen molar-refractivity contribution in [1.29, 1.82) is 0 Å². The minimum absolute atomic E-state index is 0.00773. The van der Waals surface area contributed by atoms with Crippen LogP contribution in [0.2, 0.25) is 0 Å². The number of likely N-dealkylation sites (N-methyl/N-ethyl adjacent to an activating group) is 1. The van der Waals surface area contributed by atoms with E-state index in [9.17, 15) is 9.18 Å². The molecule has 0 saturated carbocycles. The first-order chi connectivity index (χ1) is 14.1. The zero-order chi connectivity index (χ0) is 20.2. The van der Waals surface area contributed by atoms with Gasteiger partial charge in [0, 0.05) is 6.04 Å². The molecule has 1 N–H and O–H groups in total. The SMILES string of the molecule is CN(CC(=O)NC1Cc2ccccc2C1)C(c1ccccc1)c1ccc(F)cc1. The van der Waals surface area contributed by atoms with E-state index in [1.54, 1.807) is 12.1 Å². The molecule has 3 aromatic carbocycles. The van der Waals surface area contributed by atoms with Crippen LogP contribution in [0.3, 0.4) is 0 Å². The molecule has 1 aliphatic rings. The lowest BCUT2D eigenvalue weighted by Crippen LogP contribution is -2.42. The van der Waals surface area contributed by atoms with Crippen LogP contribution in [0.4, 0.5) is 4.39 Å². The van der Waals surface area contributed by atoms with Crippen LogP contribution < -0.4 is 5.32 Å².